The third-order valence-electron chi connectivity index (χ3n) is 3.92. The molecule has 1 aliphatic rings. The highest BCUT2D eigenvalue weighted by Gasteiger charge is 2.21. The number of benzene rings is 2. The van der Waals surface area contributed by atoms with Gasteiger partial charge in [-0.1, -0.05) is 46.3 Å². The van der Waals surface area contributed by atoms with E-state index >= 15 is 0 Å². The molecule has 0 aromatic heterocycles. The average molecular weight is 359 g/mol. The molecule has 22 heavy (non-hydrogen) atoms. The van der Waals surface area contributed by atoms with E-state index in [4.69, 9.17) is 0 Å². The monoisotopic (exact) mass is 358 g/mol. The molecule has 1 aliphatic heterocycles. The molecule has 114 valence electrons. The van der Waals surface area contributed by atoms with Crippen LogP contribution in [0.15, 0.2) is 53.0 Å². The Morgan fingerprint density at radius 2 is 1.82 bits per heavy atom. The molecule has 4 heteroatoms. The van der Waals surface area contributed by atoms with Gasteiger partial charge in [-0.2, -0.15) is 0 Å². The van der Waals surface area contributed by atoms with Gasteiger partial charge in [-0.15, -0.1) is 0 Å². The summed E-state index contributed by atoms with van der Waals surface area (Å²) in [6.45, 7) is 2.49. The van der Waals surface area contributed by atoms with Crippen LogP contribution in [0.2, 0.25) is 0 Å². The van der Waals surface area contributed by atoms with E-state index in [2.05, 4.69) is 45.5 Å². The maximum absolute atomic E-state index is 11.7. The van der Waals surface area contributed by atoms with E-state index in [0.29, 0.717) is 6.42 Å². The molecule has 2 aromatic rings. The van der Waals surface area contributed by atoms with Crippen molar-refractivity contribution in [2.24, 2.45) is 0 Å². The third kappa shape index (κ3) is 3.57. The lowest BCUT2D eigenvalue weighted by Crippen LogP contribution is -2.23. The number of amides is 1. The van der Waals surface area contributed by atoms with Crippen LogP contribution in [0.5, 0.6) is 0 Å². The average Bonchev–Trinajstić information content (AvgIpc) is 2.96. The number of carbonyl (C=O) groups is 1. The van der Waals surface area contributed by atoms with Gasteiger partial charge in [0.2, 0.25) is 5.91 Å². The third-order valence-corrected chi connectivity index (χ3v) is 4.70. The van der Waals surface area contributed by atoms with Crippen molar-refractivity contribution in [2.45, 2.75) is 25.9 Å². The number of rotatable bonds is 5. The fourth-order valence-electron chi connectivity index (χ4n) is 2.70. The number of carbonyl (C=O) groups excluding carboxylic acids is 1. The SMILES string of the molecule is O=C1CCCN1c1ccc(CNCc2ccccc2Br)cc1. The first-order valence-corrected chi connectivity index (χ1v) is 8.37. The van der Waals surface area contributed by atoms with E-state index in [1.165, 1.54) is 11.1 Å². The fraction of sp³-hybridized carbons (Fsp3) is 0.278. The highest BCUT2D eigenvalue weighted by molar-refractivity contribution is 9.10. The largest absolute Gasteiger partial charge is 0.312 e. The fourth-order valence-corrected chi connectivity index (χ4v) is 3.12. The summed E-state index contributed by atoms with van der Waals surface area (Å²) in [5, 5.41) is 3.45. The maximum atomic E-state index is 11.7. The summed E-state index contributed by atoms with van der Waals surface area (Å²) < 4.78 is 1.13. The van der Waals surface area contributed by atoms with Crippen LogP contribution in [-0.4, -0.2) is 12.5 Å². The molecule has 1 amide bonds. The lowest BCUT2D eigenvalue weighted by molar-refractivity contribution is -0.117. The number of halogens is 1. The van der Waals surface area contributed by atoms with Gasteiger partial charge in [0, 0.05) is 36.2 Å². The second-order valence-corrected chi connectivity index (χ2v) is 6.36. The minimum atomic E-state index is 0.236. The summed E-state index contributed by atoms with van der Waals surface area (Å²) in [7, 11) is 0. The van der Waals surface area contributed by atoms with Crippen molar-refractivity contribution in [3.8, 4) is 0 Å². The van der Waals surface area contributed by atoms with Crippen LogP contribution in [0.4, 0.5) is 5.69 Å². The Hall–Kier alpha value is -1.65. The minimum Gasteiger partial charge on any atom is -0.312 e. The van der Waals surface area contributed by atoms with Gasteiger partial charge in [0.05, 0.1) is 0 Å². The van der Waals surface area contributed by atoms with E-state index in [0.717, 1.165) is 36.2 Å². The van der Waals surface area contributed by atoms with Crippen molar-refractivity contribution in [1.29, 1.82) is 0 Å². The number of hydrogen-bond donors (Lipinski definition) is 1. The Morgan fingerprint density at radius 1 is 1.05 bits per heavy atom. The lowest BCUT2D eigenvalue weighted by Gasteiger charge is -2.16. The molecule has 1 fully saturated rings. The minimum absolute atomic E-state index is 0.236. The normalized spacial score (nSPS) is 14.6. The summed E-state index contributed by atoms with van der Waals surface area (Å²) >= 11 is 3.56. The van der Waals surface area contributed by atoms with Crippen LogP contribution in [0, 0.1) is 0 Å². The number of hydrogen-bond acceptors (Lipinski definition) is 2. The molecule has 0 radical (unpaired) electrons. The molecule has 3 nitrogen and oxygen atoms in total. The first-order valence-electron chi connectivity index (χ1n) is 7.57. The number of anilines is 1. The molecule has 1 heterocycles. The van der Waals surface area contributed by atoms with E-state index < -0.39 is 0 Å². The molecule has 0 bridgehead atoms. The van der Waals surface area contributed by atoms with Gasteiger partial charge >= 0.3 is 0 Å². The van der Waals surface area contributed by atoms with E-state index in [9.17, 15) is 4.79 Å². The van der Waals surface area contributed by atoms with Crippen LogP contribution in [0.25, 0.3) is 0 Å². The highest BCUT2D eigenvalue weighted by Crippen LogP contribution is 2.21. The summed E-state index contributed by atoms with van der Waals surface area (Å²) in [4.78, 5) is 13.6. The van der Waals surface area contributed by atoms with Crippen molar-refractivity contribution < 1.29 is 4.79 Å². The molecule has 0 spiro atoms. The zero-order chi connectivity index (χ0) is 15.4. The Balaban J connectivity index is 1.55. The molecule has 1 N–H and O–H groups in total. The summed E-state index contributed by atoms with van der Waals surface area (Å²) in [5.74, 6) is 0.236. The van der Waals surface area contributed by atoms with Gasteiger partial charge in [-0.25, -0.2) is 0 Å². The predicted molar refractivity (Wildman–Crippen MR) is 92.7 cm³/mol. The Labute approximate surface area is 139 Å². The first kappa shape index (κ1) is 15.3. The number of nitrogens with zero attached hydrogens (tertiary/aromatic N) is 1. The van der Waals surface area contributed by atoms with Crippen LogP contribution < -0.4 is 10.2 Å². The van der Waals surface area contributed by atoms with Crippen molar-refractivity contribution >= 4 is 27.5 Å². The van der Waals surface area contributed by atoms with E-state index in [-0.39, 0.29) is 5.91 Å². The lowest BCUT2D eigenvalue weighted by atomic mass is 10.2. The Kier molecular flexibility index (Phi) is 4.90. The zero-order valence-corrected chi connectivity index (χ0v) is 14.0. The predicted octanol–water partition coefficient (Wildman–Crippen LogP) is 3.87. The molecule has 3 rings (SSSR count). The van der Waals surface area contributed by atoms with Crippen LogP contribution in [0.1, 0.15) is 24.0 Å². The topological polar surface area (TPSA) is 32.3 Å². The molecule has 0 atom stereocenters. The molecule has 1 saturated heterocycles. The standard InChI is InChI=1S/C18H19BrN2O/c19-17-5-2-1-4-15(17)13-20-12-14-7-9-16(10-8-14)21-11-3-6-18(21)22/h1-2,4-5,7-10,20H,3,6,11-13H2. The summed E-state index contributed by atoms with van der Waals surface area (Å²) in [6.07, 6.45) is 1.64. The van der Waals surface area contributed by atoms with Crippen molar-refractivity contribution in [2.75, 3.05) is 11.4 Å². The molecular weight excluding hydrogens is 340 g/mol. The van der Waals surface area contributed by atoms with Gasteiger partial charge in [-0.3, -0.25) is 4.79 Å². The molecule has 0 unspecified atom stereocenters. The number of nitrogens with one attached hydrogen (secondary N) is 1. The molecular formula is C18H19BrN2O. The first-order chi connectivity index (χ1) is 10.7. The van der Waals surface area contributed by atoms with Crippen molar-refractivity contribution in [3.63, 3.8) is 0 Å². The smallest absolute Gasteiger partial charge is 0.227 e. The van der Waals surface area contributed by atoms with Gasteiger partial charge in [0.15, 0.2) is 0 Å². The van der Waals surface area contributed by atoms with Crippen molar-refractivity contribution in [1.82, 2.24) is 5.32 Å². The quantitative estimate of drug-likeness (QED) is 0.879. The summed E-state index contributed by atoms with van der Waals surface area (Å²) in [6, 6.07) is 16.5. The van der Waals surface area contributed by atoms with Gasteiger partial charge in [0.1, 0.15) is 0 Å². The van der Waals surface area contributed by atoms with E-state index in [1.807, 2.05) is 29.2 Å². The van der Waals surface area contributed by atoms with Gasteiger partial charge in [-0.05, 0) is 35.7 Å². The van der Waals surface area contributed by atoms with E-state index in [1.54, 1.807) is 0 Å². The second-order valence-electron chi connectivity index (χ2n) is 5.51. The van der Waals surface area contributed by atoms with Gasteiger partial charge in [0.25, 0.3) is 0 Å². The van der Waals surface area contributed by atoms with Crippen LogP contribution in [-0.2, 0) is 17.9 Å². The van der Waals surface area contributed by atoms with Crippen molar-refractivity contribution in [3.05, 3.63) is 64.1 Å². The molecule has 0 aliphatic carbocycles. The van der Waals surface area contributed by atoms with Gasteiger partial charge < -0.3 is 10.2 Å². The maximum Gasteiger partial charge on any atom is 0.227 e. The highest BCUT2D eigenvalue weighted by atomic mass is 79.9. The second kappa shape index (κ2) is 7.07. The Bertz CT molecular complexity index is 654. The molecule has 0 saturated carbocycles. The van der Waals surface area contributed by atoms with Crippen LogP contribution >= 0.6 is 15.9 Å². The molecule has 2 aromatic carbocycles. The zero-order valence-electron chi connectivity index (χ0n) is 12.4. The Morgan fingerprint density at radius 3 is 2.50 bits per heavy atom. The summed E-state index contributed by atoms with van der Waals surface area (Å²) in [5.41, 5.74) is 3.49. The van der Waals surface area contributed by atoms with Crippen LogP contribution in [0.3, 0.4) is 0 Å².